The van der Waals surface area contributed by atoms with Gasteiger partial charge in [-0.05, 0) is 22.9 Å². The summed E-state index contributed by atoms with van der Waals surface area (Å²) < 4.78 is 0. The lowest BCUT2D eigenvalue weighted by Crippen LogP contribution is -2.11. The van der Waals surface area contributed by atoms with Crippen LogP contribution in [0.15, 0.2) is 72.8 Å². The molecule has 0 bridgehead atoms. The second-order valence-electron chi connectivity index (χ2n) is 5.87. The molecular weight excluding hydrogens is 298 g/mol. The number of rotatable bonds is 2. The van der Waals surface area contributed by atoms with Gasteiger partial charge < -0.3 is 15.1 Å². The molecule has 2 N–H and O–H groups in total. The second-order valence-corrected chi connectivity index (χ2v) is 5.87. The summed E-state index contributed by atoms with van der Waals surface area (Å²) in [7, 11) is 1.86. The maximum atomic E-state index is 10.5. The van der Waals surface area contributed by atoms with Gasteiger partial charge in [-0.25, -0.2) is 0 Å². The summed E-state index contributed by atoms with van der Waals surface area (Å²) in [4.78, 5) is 1.86. The van der Waals surface area contributed by atoms with Gasteiger partial charge in [0.1, 0.15) is 11.5 Å². The molecule has 3 heteroatoms. The third-order valence-corrected chi connectivity index (χ3v) is 4.43. The number of phenolic OH excluding ortho intramolecular Hbond substituents is 2. The summed E-state index contributed by atoms with van der Waals surface area (Å²) in [6, 6.07) is 23.0. The molecule has 4 aromatic carbocycles. The summed E-state index contributed by atoms with van der Waals surface area (Å²) in [6.45, 7) is 0. The van der Waals surface area contributed by atoms with Crippen molar-refractivity contribution in [3.8, 4) is 11.5 Å². The van der Waals surface area contributed by atoms with Crippen LogP contribution >= 0.6 is 0 Å². The Morgan fingerprint density at radius 1 is 0.583 bits per heavy atom. The molecule has 0 atom stereocenters. The van der Waals surface area contributed by atoms with E-state index >= 15 is 0 Å². The Bertz CT molecular complexity index is 971. The highest BCUT2D eigenvalue weighted by Gasteiger charge is 2.18. The first kappa shape index (κ1) is 14.4. The SMILES string of the molecule is CN(c1c(O)ccc2ccccc12)c1c(O)ccc2ccccc12. The quantitative estimate of drug-likeness (QED) is 0.536. The van der Waals surface area contributed by atoms with Crippen molar-refractivity contribution in [3.63, 3.8) is 0 Å². The van der Waals surface area contributed by atoms with Crippen molar-refractivity contribution in [1.82, 2.24) is 0 Å². The van der Waals surface area contributed by atoms with E-state index in [9.17, 15) is 10.2 Å². The minimum absolute atomic E-state index is 0.184. The van der Waals surface area contributed by atoms with Gasteiger partial charge in [-0.15, -0.1) is 0 Å². The molecule has 0 aromatic heterocycles. The molecule has 24 heavy (non-hydrogen) atoms. The molecule has 0 radical (unpaired) electrons. The molecule has 0 aliphatic rings. The highest BCUT2D eigenvalue weighted by atomic mass is 16.3. The number of aromatic hydroxyl groups is 2. The Hall–Kier alpha value is -3.20. The van der Waals surface area contributed by atoms with Crippen LogP contribution in [0.2, 0.25) is 0 Å². The van der Waals surface area contributed by atoms with Crippen LogP contribution in [0.1, 0.15) is 0 Å². The first-order valence-electron chi connectivity index (χ1n) is 7.82. The van der Waals surface area contributed by atoms with Gasteiger partial charge in [0.15, 0.2) is 0 Å². The van der Waals surface area contributed by atoms with E-state index in [4.69, 9.17) is 0 Å². The first-order valence-corrected chi connectivity index (χ1v) is 7.82. The number of benzene rings is 4. The standard InChI is InChI=1S/C21H17NO2/c1-22(20-16-8-4-2-6-14(16)10-12-18(20)23)21-17-9-5-3-7-15(17)11-13-19(21)24/h2-13,23-24H,1H3. The molecule has 4 aromatic rings. The van der Waals surface area contributed by atoms with Gasteiger partial charge in [0.05, 0.1) is 11.4 Å². The van der Waals surface area contributed by atoms with E-state index in [1.165, 1.54) is 0 Å². The predicted octanol–water partition coefficient (Wildman–Crippen LogP) is 5.17. The molecule has 0 unspecified atom stereocenters. The Morgan fingerprint density at radius 2 is 1.00 bits per heavy atom. The molecule has 0 amide bonds. The van der Waals surface area contributed by atoms with Crippen molar-refractivity contribution in [2.45, 2.75) is 0 Å². The predicted molar refractivity (Wildman–Crippen MR) is 99.3 cm³/mol. The van der Waals surface area contributed by atoms with Crippen LogP contribution in [0.3, 0.4) is 0 Å². The minimum atomic E-state index is 0.184. The lowest BCUT2D eigenvalue weighted by Gasteiger charge is -2.25. The second kappa shape index (κ2) is 5.46. The highest BCUT2D eigenvalue weighted by molar-refractivity contribution is 6.04. The Labute approximate surface area is 140 Å². The van der Waals surface area contributed by atoms with Crippen LogP contribution in [0.5, 0.6) is 11.5 Å². The van der Waals surface area contributed by atoms with E-state index < -0.39 is 0 Å². The van der Waals surface area contributed by atoms with Crippen LogP contribution in [0.4, 0.5) is 11.4 Å². The topological polar surface area (TPSA) is 43.7 Å². The van der Waals surface area contributed by atoms with E-state index in [1.807, 2.05) is 72.6 Å². The lowest BCUT2D eigenvalue weighted by atomic mass is 10.0. The maximum Gasteiger partial charge on any atom is 0.139 e. The Kier molecular flexibility index (Phi) is 3.28. The van der Waals surface area contributed by atoms with Crippen LogP contribution < -0.4 is 4.90 Å². The number of nitrogens with zero attached hydrogens (tertiary/aromatic N) is 1. The maximum absolute atomic E-state index is 10.5. The van der Waals surface area contributed by atoms with Crippen molar-refractivity contribution >= 4 is 32.9 Å². The third-order valence-electron chi connectivity index (χ3n) is 4.43. The Morgan fingerprint density at radius 3 is 1.46 bits per heavy atom. The summed E-state index contributed by atoms with van der Waals surface area (Å²) >= 11 is 0. The van der Waals surface area contributed by atoms with Crippen LogP contribution in [0, 0.1) is 0 Å². The van der Waals surface area contributed by atoms with E-state index in [1.54, 1.807) is 12.1 Å². The highest BCUT2D eigenvalue weighted by Crippen LogP contribution is 2.44. The fourth-order valence-electron chi connectivity index (χ4n) is 3.30. The van der Waals surface area contributed by atoms with Crippen molar-refractivity contribution in [2.24, 2.45) is 0 Å². The van der Waals surface area contributed by atoms with Gasteiger partial charge >= 0.3 is 0 Å². The number of phenols is 2. The van der Waals surface area contributed by atoms with Crippen molar-refractivity contribution in [3.05, 3.63) is 72.8 Å². The van der Waals surface area contributed by atoms with Crippen LogP contribution in [0.25, 0.3) is 21.5 Å². The molecule has 0 aliphatic heterocycles. The average molecular weight is 315 g/mol. The molecular formula is C21H17NO2. The molecule has 118 valence electrons. The van der Waals surface area contributed by atoms with Crippen molar-refractivity contribution in [1.29, 1.82) is 0 Å². The molecule has 3 nitrogen and oxygen atoms in total. The van der Waals surface area contributed by atoms with Gasteiger partial charge in [0.25, 0.3) is 0 Å². The molecule has 0 spiro atoms. The normalized spacial score (nSPS) is 11.0. The van der Waals surface area contributed by atoms with Gasteiger partial charge in [0, 0.05) is 17.8 Å². The Balaban J connectivity index is 2.03. The van der Waals surface area contributed by atoms with E-state index in [0.29, 0.717) is 11.4 Å². The minimum Gasteiger partial charge on any atom is -0.506 e. The first-order chi connectivity index (χ1) is 11.7. The van der Waals surface area contributed by atoms with Gasteiger partial charge in [0.2, 0.25) is 0 Å². The molecule has 0 heterocycles. The summed E-state index contributed by atoms with van der Waals surface area (Å²) in [5.41, 5.74) is 1.36. The van der Waals surface area contributed by atoms with Crippen molar-refractivity contribution in [2.75, 3.05) is 11.9 Å². The van der Waals surface area contributed by atoms with Gasteiger partial charge in [-0.2, -0.15) is 0 Å². The summed E-state index contributed by atoms with van der Waals surface area (Å²) in [5.74, 6) is 0.368. The fraction of sp³-hybridized carbons (Fsp3) is 0.0476. The number of hydrogen-bond acceptors (Lipinski definition) is 3. The zero-order valence-corrected chi connectivity index (χ0v) is 13.3. The monoisotopic (exact) mass is 315 g/mol. The summed E-state index contributed by atoms with van der Waals surface area (Å²) in [6.07, 6.45) is 0. The number of hydrogen-bond donors (Lipinski definition) is 2. The number of anilines is 2. The van der Waals surface area contributed by atoms with Gasteiger partial charge in [-0.3, -0.25) is 0 Å². The van der Waals surface area contributed by atoms with E-state index in [0.717, 1.165) is 21.5 Å². The molecule has 0 saturated carbocycles. The zero-order valence-electron chi connectivity index (χ0n) is 13.3. The van der Waals surface area contributed by atoms with Crippen molar-refractivity contribution < 1.29 is 10.2 Å². The molecule has 0 saturated heterocycles. The van der Waals surface area contributed by atoms with E-state index in [-0.39, 0.29) is 11.5 Å². The average Bonchev–Trinajstić information content (AvgIpc) is 2.61. The summed E-state index contributed by atoms with van der Waals surface area (Å²) in [5, 5.41) is 24.9. The lowest BCUT2D eigenvalue weighted by molar-refractivity contribution is 0.473. The van der Waals surface area contributed by atoms with Gasteiger partial charge in [-0.1, -0.05) is 60.7 Å². The fourth-order valence-corrected chi connectivity index (χ4v) is 3.30. The molecule has 4 rings (SSSR count). The molecule has 0 aliphatic carbocycles. The van der Waals surface area contributed by atoms with Crippen LogP contribution in [-0.4, -0.2) is 17.3 Å². The number of fused-ring (bicyclic) bond motifs is 2. The third kappa shape index (κ3) is 2.14. The van der Waals surface area contributed by atoms with E-state index in [2.05, 4.69) is 0 Å². The largest absolute Gasteiger partial charge is 0.506 e. The van der Waals surface area contributed by atoms with Crippen LogP contribution in [-0.2, 0) is 0 Å². The molecule has 0 fully saturated rings. The smallest absolute Gasteiger partial charge is 0.139 e. The zero-order chi connectivity index (χ0) is 16.7.